The fourth-order valence-corrected chi connectivity index (χ4v) is 5.14. The van der Waals surface area contributed by atoms with Gasteiger partial charge in [0.1, 0.15) is 6.29 Å². The lowest BCUT2D eigenvalue weighted by molar-refractivity contribution is -0.169. The summed E-state index contributed by atoms with van der Waals surface area (Å²) in [5.74, 6) is -3.06. The zero-order chi connectivity index (χ0) is 20.1. The van der Waals surface area contributed by atoms with Crippen molar-refractivity contribution in [2.45, 2.75) is 57.3 Å². The monoisotopic (exact) mass is 407 g/mol. The molecule has 1 amide bonds. The van der Waals surface area contributed by atoms with Crippen LogP contribution in [0.5, 0.6) is 0 Å². The fourth-order valence-electron chi connectivity index (χ4n) is 2.96. The van der Waals surface area contributed by atoms with Crippen LogP contribution in [0.2, 0.25) is 25.7 Å². The number of carbonyl (C=O) groups excluding carboxylic acids is 3. The van der Waals surface area contributed by atoms with Crippen LogP contribution in [0.1, 0.15) is 19.8 Å². The number of rotatable bonds is 11. The first-order chi connectivity index (χ1) is 12.1. The standard InChI is InChI=1S/C16H30NO7PSi/c1-7-12-13(8-9-18)17(14(12)19)15(25(21,22-2)23-3)16(20)24-10-11-26(4,5)6/h9,12-13,15H,7-8,10-11H2,1-6H3/t12-,13-,15?/m1/s1. The molecule has 0 spiro atoms. The van der Waals surface area contributed by atoms with Gasteiger partial charge in [0.2, 0.25) is 11.7 Å². The Kier molecular flexibility index (Phi) is 8.20. The van der Waals surface area contributed by atoms with Gasteiger partial charge in [0.15, 0.2) is 0 Å². The number of likely N-dealkylation sites (tertiary alicyclic amines) is 1. The molecule has 1 saturated heterocycles. The second-order valence-corrected chi connectivity index (χ2v) is 15.4. The summed E-state index contributed by atoms with van der Waals surface area (Å²) in [7, 11) is -3.08. The van der Waals surface area contributed by atoms with E-state index in [4.69, 9.17) is 13.8 Å². The summed E-state index contributed by atoms with van der Waals surface area (Å²) in [6, 6.07) is 0.220. The maximum atomic E-state index is 13.0. The van der Waals surface area contributed by atoms with Crippen molar-refractivity contribution in [1.29, 1.82) is 0 Å². The molecule has 1 rings (SSSR count). The van der Waals surface area contributed by atoms with E-state index in [1.807, 2.05) is 6.92 Å². The first-order valence-corrected chi connectivity index (χ1v) is 14.0. The molecule has 0 aromatic heterocycles. The number of esters is 1. The molecule has 0 bridgehead atoms. The minimum absolute atomic E-state index is 0.0519. The topological polar surface area (TPSA) is 99.2 Å². The minimum Gasteiger partial charge on any atom is -0.464 e. The van der Waals surface area contributed by atoms with Crippen molar-refractivity contribution in [3.05, 3.63) is 0 Å². The summed E-state index contributed by atoms with van der Waals surface area (Å²) in [5.41, 5.74) is 0. The Hall–Kier alpha value is -1.02. The number of ether oxygens (including phenoxy) is 1. The molecular formula is C16H30NO7PSi. The number of β-lactam (4-membered cyclic amide) rings is 1. The van der Waals surface area contributed by atoms with Crippen LogP contribution in [0, 0.1) is 5.92 Å². The molecule has 150 valence electrons. The third-order valence-electron chi connectivity index (χ3n) is 4.55. The first-order valence-electron chi connectivity index (χ1n) is 8.70. The molecule has 26 heavy (non-hydrogen) atoms. The van der Waals surface area contributed by atoms with E-state index < -0.39 is 33.5 Å². The van der Waals surface area contributed by atoms with Crippen molar-refractivity contribution in [1.82, 2.24) is 4.90 Å². The number of carbonyl (C=O) groups is 3. The first kappa shape index (κ1) is 23.0. The van der Waals surface area contributed by atoms with E-state index in [1.165, 1.54) is 0 Å². The van der Waals surface area contributed by atoms with Crippen molar-refractivity contribution >= 4 is 33.8 Å². The lowest BCUT2D eigenvalue weighted by Crippen LogP contribution is -2.66. The number of hydrogen-bond donors (Lipinski definition) is 0. The molecule has 3 atom stereocenters. The van der Waals surface area contributed by atoms with E-state index in [-0.39, 0.29) is 24.9 Å². The van der Waals surface area contributed by atoms with Gasteiger partial charge in [0, 0.05) is 28.7 Å². The predicted molar refractivity (Wildman–Crippen MR) is 99.6 cm³/mol. The Morgan fingerprint density at radius 3 is 2.31 bits per heavy atom. The van der Waals surface area contributed by atoms with Crippen LogP contribution < -0.4 is 0 Å². The summed E-state index contributed by atoms with van der Waals surface area (Å²) in [5, 5.41) is 0. The highest BCUT2D eigenvalue weighted by molar-refractivity contribution is 7.55. The van der Waals surface area contributed by atoms with E-state index in [1.54, 1.807) is 0 Å². The van der Waals surface area contributed by atoms with E-state index in [2.05, 4.69) is 19.6 Å². The summed E-state index contributed by atoms with van der Waals surface area (Å²) < 4.78 is 28.2. The Labute approximate surface area is 156 Å². The van der Waals surface area contributed by atoms with Gasteiger partial charge >= 0.3 is 13.6 Å². The zero-order valence-corrected chi connectivity index (χ0v) is 18.3. The van der Waals surface area contributed by atoms with Crippen LogP contribution in [0.4, 0.5) is 0 Å². The van der Waals surface area contributed by atoms with E-state index in [9.17, 15) is 18.9 Å². The van der Waals surface area contributed by atoms with Gasteiger partial charge in [-0.1, -0.05) is 26.6 Å². The van der Waals surface area contributed by atoms with Gasteiger partial charge in [-0.3, -0.25) is 9.36 Å². The third-order valence-corrected chi connectivity index (χ3v) is 8.33. The molecule has 0 aromatic rings. The summed E-state index contributed by atoms with van der Waals surface area (Å²) in [6.45, 7) is 8.41. The highest BCUT2D eigenvalue weighted by Crippen LogP contribution is 2.56. The largest absolute Gasteiger partial charge is 0.464 e. The molecule has 0 radical (unpaired) electrons. The Bertz CT molecular complexity index is 569. The number of aldehydes is 1. The van der Waals surface area contributed by atoms with E-state index >= 15 is 0 Å². The lowest BCUT2D eigenvalue weighted by atomic mass is 9.83. The molecule has 1 aliphatic heterocycles. The molecule has 10 heteroatoms. The molecule has 1 heterocycles. The van der Waals surface area contributed by atoms with E-state index in [0.29, 0.717) is 12.7 Å². The smallest absolute Gasteiger partial charge is 0.364 e. The molecule has 0 aromatic carbocycles. The average molecular weight is 407 g/mol. The molecular weight excluding hydrogens is 377 g/mol. The molecule has 0 saturated carbocycles. The highest BCUT2D eigenvalue weighted by atomic mass is 31.2. The zero-order valence-electron chi connectivity index (χ0n) is 16.4. The van der Waals surface area contributed by atoms with Crippen LogP contribution >= 0.6 is 7.60 Å². The fraction of sp³-hybridized carbons (Fsp3) is 0.812. The maximum Gasteiger partial charge on any atom is 0.364 e. The van der Waals surface area contributed by atoms with Gasteiger partial charge in [-0.05, 0) is 12.5 Å². The van der Waals surface area contributed by atoms with Gasteiger partial charge in [-0.25, -0.2) is 4.79 Å². The molecule has 0 N–H and O–H groups in total. The summed E-state index contributed by atoms with van der Waals surface area (Å²) in [4.78, 5) is 37.4. The predicted octanol–water partition coefficient (Wildman–Crippen LogP) is 2.51. The van der Waals surface area contributed by atoms with E-state index in [0.717, 1.165) is 25.2 Å². The SMILES string of the molecule is CC[C@H]1C(=O)N(C(C(=O)OCC[Si](C)(C)C)P(=O)(OC)OC)[C@@H]1CC=O. The normalized spacial score (nSPS) is 21.9. The van der Waals surface area contributed by atoms with Crippen LogP contribution in [0.15, 0.2) is 0 Å². The number of amides is 1. The summed E-state index contributed by atoms with van der Waals surface area (Å²) >= 11 is 0. The van der Waals surface area contributed by atoms with Crippen LogP contribution in [0.25, 0.3) is 0 Å². The summed E-state index contributed by atoms with van der Waals surface area (Å²) in [6.07, 6.45) is 1.26. The Morgan fingerprint density at radius 1 is 1.31 bits per heavy atom. The van der Waals surface area contributed by atoms with Crippen LogP contribution in [-0.4, -0.2) is 63.8 Å². The van der Waals surface area contributed by atoms with Gasteiger partial charge < -0.3 is 23.5 Å². The second kappa shape index (κ2) is 9.26. The molecule has 1 unspecified atom stereocenters. The van der Waals surface area contributed by atoms with Gasteiger partial charge in [0.25, 0.3) is 0 Å². The maximum absolute atomic E-state index is 13.0. The minimum atomic E-state index is -3.96. The number of hydrogen-bond acceptors (Lipinski definition) is 7. The molecule has 0 aliphatic carbocycles. The van der Waals surface area contributed by atoms with Crippen molar-refractivity contribution in [2.24, 2.45) is 5.92 Å². The van der Waals surface area contributed by atoms with Crippen molar-refractivity contribution in [3.63, 3.8) is 0 Å². The highest BCUT2D eigenvalue weighted by Gasteiger charge is 2.58. The molecule has 8 nitrogen and oxygen atoms in total. The van der Waals surface area contributed by atoms with Gasteiger partial charge in [0.05, 0.1) is 18.6 Å². The average Bonchev–Trinajstić information content (AvgIpc) is 2.57. The third kappa shape index (κ3) is 5.03. The molecule has 1 aliphatic rings. The van der Waals surface area contributed by atoms with Crippen molar-refractivity contribution < 1.29 is 32.7 Å². The Balaban J connectivity index is 3.09. The van der Waals surface area contributed by atoms with Gasteiger partial charge in [-0.2, -0.15) is 0 Å². The van der Waals surface area contributed by atoms with Crippen LogP contribution in [0.3, 0.4) is 0 Å². The molecule has 1 fully saturated rings. The quantitative estimate of drug-likeness (QED) is 0.171. The number of nitrogens with zero attached hydrogens (tertiary/aromatic N) is 1. The lowest BCUT2D eigenvalue weighted by Gasteiger charge is -2.49. The van der Waals surface area contributed by atoms with Crippen molar-refractivity contribution in [2.75, 3.05) is 20.8 Å². The van der Waals surface area contributed by atoms with Crippen molar-refractivity contribution in [3.8, 4) is 0 Å². The Morgan fingerprint density at radius 2 is 1.88 bits per heavy atom. The van der Waals surface area contributed by atoms with Gasteiger partial charge in [-0.15, -0.1) is 0 Å². The van der Waals surface area contributed by atoms with Crippen LogP contribution in [-0.2, 0) is 32.7 Å². The second-order valence-electron chi connectivity index (χ2n) is 7.49.